The van der Waals surface area contributed by atoms with Crippen LogP contribution in [0.15, 0.2) is 30.6 Å². The molecule has 2 aromatic rings. The molecule has 0 spiro atoms. The molecule has 0 saturated heterocycles. The molecule has 0 aliphatic carbocycles. The fourth-order valence-electron chi connectivity index (χ4n) is 3.24. The van der Waals surface area contributed by atoms with E-state index >= 15 is 0 Å². The summed E-state index contributed by atoms with van der Waals surface area (Å²) in [6.45, 7) is 4.00. The molecule has 4 heteroatoms. The zero-order valence-corrected chi connectivity index (χ0v) is 11.5. The average molecular weight is 267 g/mol. The van der Waals surface area contributed by atoms with Gasteiger partial charge in [-0.2, -0.15) is 4.57 Å². The Hall–Kier alpha value is -1.78. The smallest absolute Gasteiger partial charge is 0.312 e. The summed E-state index contributed by atoms with van der Waals surface area (Å²) in [7, 11) is 0. The molecule has 2 aliphatic heterocycles. The lowest BCUT2D eigenvalue weighted by molar-refractivity contribution is -0.610. The highest BCUT2D eigenvalue weighted by Gasteiger charge is 2.25. The Kier molecular flexibility index (Phi) is 2.98. The number of aromatic nitrogens is 2. The van der Waals surface area contributed by atoms with Gasteiger partial charge in [-0.25, -0.2) is 0 Å². The molecule has 4 nitrogen and oxygen atoms in total. The van der Waals surface area contributed by atoms with Crippen LogP contribution in [0.2, 0.25) is 0 Å². The summed E-state index contributed by atoms with van der Waals surface area (Å²) < 4.78 is 2.28. The van der Waals surface area contributed by atoms with Gasteiger partial charge in [-0.15, -0.1) is 0 Å². The highest BCUT2D eigenvalue weighted by atomic mass is 15.1. The van der Waals surface area contributed by atoms with Crippen LogP contribution in [-0.4, -0.2) is 18.1 Å². The molecule has 0 atom stereocenters. The molecule has 0 unspecified atom stereocenters. The molecule has 102 valence electrons. The van der Waals surface area contributed by atoms with E-state index in [0.717, 1.165) is 44.8 Å². The van der Waals surface area contributed by atoms with Gasteiger partial charge in [0.1, 0.15) is 11.9 Å². The van der Waals surface area contributed by atoms with Crippen LogP contribution >= 0.6 is 0 Å². The molecular weight excluding hydrogens is 248 g/mol. The number of hydrogen-bond donors (Lipinski definition) is 2. The third kappa shape index (κ3) is 1.92. The highest BCUT2D eigenvalue weighted by molar-refractivity contribution is 5.37. The normalized spacial score (nSPS) is 17.4. The van der Waals surface area contributed by atoms with Crippen LogP contribution in [0, 0.1) is 0 Å². The molecule has 4 rings (SSSR count). The Balaban J connectivity index is 1.90. The van der Waals surface area contributed by atoms with Gasteiger partial charge in [0, 0.05) is 6.54 Å². The van der Waals surface area contributed by atoms with Crippen molar-refractivity contribution in [3.05, 3.63) is 53.0 Å². The van der Waals surface area contributed by atoms with E-state index in [1.54, 1.807) is 0 Å². The molecule has 0 bridgehead atoms. The van der Waals surface area contributed by atoms with E-state index in [4.69, 9.17) is 0 Å². The third-order valence-electron chi connectivity index (χ3n) is 4.28. The first-order chi connectivity index (χ1) is 9.93. The highest BCUT2D eigenvalue weighted by Crippen LogP contribution is 2.18. The minimum absolute atomic E-state index is 0.930. The second-order valence-electron chi connectivity index (χ2n) is 5.48. The van der Waals surface area contributed by atoms with Gasteiger partial charge in [0.15, 0.2) is 0 Å². The Bertz CT molecular complexity index is 593. The van der Waals surface area contributed by atoms with Crippen LogP contribution in [0.3, 0.4) is 0 Å². The molecule has 2 aromatic heterocycles. The largest absolute Gasteiger partial charge is 0.331 e. The molecule has 0 amide bonds. The van der Waals surface area contributed by atoms with Crippen molar-refractivity contribution in [3.63, 3.8) is 0 Å². The first kappa shape index (κ1) is 12.0. The molecule has 0 aromatic carbocycles. The van der Waals surface area contributed by atoms with Gasteiger partial charge < -0.3 is 10.6 Å². The Morgan fingerprint density at radius 2 is 1.90 bits per heavy atom. The third-order valence-corrected chi connectivity index (χ3v) is 4.28. The van der Waals surface area contributed by atoms with Crippen LogP contribution in [0.25, 0.3) is 5.82 Å². The standard InChI is InChI=1S/C16H19N4/c1-2-12-3-6-18-11-15(12)20(9-1)16-14-5-7-17-10-13(14)4-8-19-16/h1-2,4,8-9,17-18H,3,5-7,10-11H2/q+1. The van der Waals surface area contributed by atoms with Gasteiger partial charge in [-0.05, 0) is 54.2 Å². The minimum Gasteiger partial charge on any atom is -0.312 e. The maximum atomic E-state index is 4.68. The monoisotopic (exact) mass is 267 g/mol. The summed E-state index contributed by atoms with van der Waals surface area (Å²) in [6.07, 6.45) is 6.25. The van der Waals surface area contributed by atoms with Crippen molar-refractivity contribution in [2.24, 2.45) is 0 Å². The number of hydrogen-bond acceptors (Lipinski definition) is 3. The fourth-order valence-corrected chi connectivity index (χ4v) is 3.24. The van der Waals surface area contributed by atoms with E-state index in [2.05, 4.69) is 44.6 Å². The lowest BCUT2D eigenvalue weighted by Crippen LogP contribution is -2.44. The minimum atomic E-state index is 0.930. The summed E-state index contributed by atoms with van der Waals surface area (Å²) in [5.74, 6) is 1.12. The van der Waals surface area contributed by atoms with E-state index in [-0.39, 0.29) is 0 Å². The van der Waals surface area contributed by atoms with Gasteiger partial charge in [-0.3, -0.25) is 0 Å². The number of rotatable bonds is 1. The van der Waals surface area contributed by atoms with Crippen LogP contribution in [0.1, 0.15) is 22.4 Å². The molecule has 20 heavy (non-hydrogen) atoms. The van der Waals surface area contributed by atoms with Gasteiger partial charge in [0.2, 0.25) is 0 Å². The van der Waals surface area contributed by atoms with E-state index in [0.29, 0.717) is 0 Å². The summed E-state index contributed by atoms with van der Waals surface area (Å²) in [4.78, 5) is 4.68. The predicted molar refractivity (Wildman–Crippen MR) is 76.6 cm³/mol. The van der Waals surface area contributed by atoms with Gasteiger partial charge in [0.05, 0.1) is 18.3 Å². The van der Waals surface area contributed by atoms with Crippen molar-refractivity contribution in [1.29, 1.82) is 0 Å². The maximum Gasteiger partial charge on any atom is 0.331 e. The SMILES string of the molecule is c1cc2c([n+](-c3nccc4c3CCNC4)c1)CNCC2. The zero-order valence-electron chi connectivity index (χ0n) is 11.5. The summed E-state index contributed by atoms with van der Waals surface area (Å²) in [5.41, 5.74) is 5.59. The lowest BCUT2D eigenvalue weighted by Gasteiger charge is -2.20. The topological polar surface area (TPSA) is 40.8 Å². The van der Waals surface area contributed by atoms with E-state index in [1.165, 1.54) is 22.4 Å². The molecule has 0 fully saturated rings. The second kappa shape index (κ2) is 4.96. The van der Waals surface area contributed by atoms with E-state index < -0.39 is 0 Å². The van der Waals surface area contributed by atoms with Crippen LogP contribution < -0.4 is 15.2 Å². The molecule has 0 radical (unpaired) electrons. The van der Waals surface area contributed by atoms with Crippen molar-refractivity contribution >= 4 is 0 Å². The van der Waals surface area contributed by atoms with Gasteiger partial charge in [0.25, 0.3) is 0 Å². The van der Waals surface area contributed by atoms with Crippen molar-refractivity contribution in [1.82, 2.24) is 15.6 Å². The number of nitrogens with zero attached hydrogens (tertiary/aromatic N) is 2. The lowest BCUT2D eigenvalue weighted by atomic mass is 10.0. The van der Waals surface area contributed by atoms with E-state index in [1.807, 2.05) is 6.20 Å². The molecule has 4 heterocycles. The van der Waals surface area contributed by atoms with E-state index in [9.17, 15) is 0 Å². The maximum absolute atomic E-state index is 4.68. The first-order valence-corrected chi connectivity index (χ1v) is 7.34. The first-order valence-electron chi connectivity index (χ1n) is 7.34. The molecule has 2 N–H and O–H groups in total. The van der Waals surface area contributed by atoms with Crippen molar-refractivity contribution in [3.8, 4) is 5.82 Å². The number of nitrogens with one attached hydrogen (secondary N) is 2. The predicted octanol–water partition coefficient (Wildman–Crippen LogP) is 0.650. The molecular formula is C16H19N4+. The van der Waals surface area contributed by atoms with Crippen molar-refractivity contribution in [2.75, 3.05) is 13.1 Å². The van der Waals surface area contributed by atoms with Gasteiger partial charge >= 0.3 is 5.82 Å². The molecule has 0 saturated carbocycles. The summed E-state index contributed by atoms with van der Waals surface area (Å²) in [6, 6.07) is 6.52. The number of pyridine rings is 2. The van der Waals surface area contributed by atoms with Crippen LogP contribution in [0.4, 0.5) is 0 Å². The van der Waals surface area contributed by atoms with Crippen LogP contribution in [-0.2, 0) is 25.9 Å². The quantitative estimate of drug-likeness (QED) is 0.745. The Morgan fingerprint density at radius 3 is 2.90 bits per heavy atom. The van der Waals surface area contributed by atoms with Gasteiger partial charge in [-0.1, -0.05) is 6.07 Å². The van der Waals surface area contributed by atoms with Crippen molar-refractivity contribution < 1.29 is 4.57 Å². The summed E-state index contributed by atoms with van der Waals surface area (Å²) >= 11 is 0. The molecule has 2 aliphatic rings. The van der Waals surface area contributed by atoms with Crippen LogP contribution in [0.5, 0.6) is 0 Å². The number of fused-ring (bicyclic) bond motifs is 2. The van der Waals surface area contributed by atoms with Crippen molar-refractivity contribution in [2.45, 2.75) is 25.9 Å². The average Bonchev–Trinajstić information content (AvgIpc) is 2.54. The second-order valence-corrected chi connectivity index (χ2v) is 5.48. The Morgan fingerprint density at radius 1 is 1.00 bits per heavy atom. The Labute approximate surface area is 118 Å². The zero-order chi connectivity index (χ0) is 13.4. The summed E-state index contributed by atoms with van der Waals surface area (Å²) in [5, 5.41) is 6.90. The fraction of sp³-hybridized carbons (Fsp3) is 0.375.